The molecule has 0 spiro atoms. The molecule has 1 heterocycles. The highest BCUT2D eigenvalue weighted by atomic mass is 127. The molecule has 16 heavy (non-hydrogen) atoms. The Hall–Kier alpha value is -0.440. The summed E-state index contributed by atoms with van der Waals surface area (Å²) >= 11 is 7.38. The maximum absolute atomic E-state index is 12.0. The van der Waals surface area contributed by atoms with Crippen LogP contribution in [0.25, 0.3) is 0 Å². The smallest absolute Gasteiger partial charge is 0.496 e. The highest BCUT2D eigenvalue weighted by molar-refractivity contribution is 14.1. The second-order valence-electron chi connectivity index (χ2n) is 2.61. The predicted octanol–water partition coefficient (Wildman–Crippen LogP) is 3.33. The molecule has 0 aliphatic carbocycles. The van der Waals surface area contributed by atoms with E-state index in [1.165, 1.54) is 7.11 Å². The fourth-order valence-electron chi connectivity index (χ4n) is 0.971. The molecule has 0 N–H and O–H groups in total. The standard InChI is InChI=1S/C8H6ClF3INO2/c1-15-5-2-6(16-8(10,11)12)14-7(13)4(5)3-9/h2H,3H2,1H3. The van der Waals surface area contributed by atoms with Crippen LogP contribution in [0.5, 0.6) is 11.6 Å². The van der Waals surface area contributed by atoms with Crippen LogP contribution in [-0.2, 0) is 5.88 Å². The highest BCUT2D eigenvalue weighted by Crippen LogP contribution is 2.30. The molecule has 1 aromatic heterocycles. The molecule has 0 aliphatic heterocycles. The number of halogens is 5. The van der Waals surface area contributed by atoms with Gasteiger partial charge in [0.25, 0.3) is 0 Å². The molecule has 0 aliphatic rings. The summed E-state index contributed by atoms with van der Waals surface area (Å²) in [6, 6.07) is 1.05. The molecule has 3 nitrogen and oxygen atoms in total. The molecular weight excluding hydrogens is 361 g/mol. The molecule has 0 atom stereocenters. The van der Waals surface area contributed by atoms with Crippen molar-refractivity contribution in [2.24, 2.45) is 0 Å². The Morgan fingerprint density at radius 2 is 2.12 bits per heavy atom. The summed E-state index contributed by atoms with van der Waals surface area (Å²) in [4.78, 5) is 3.62. The first kappa shape index (κ1) is 13.6. The molecule has 0 unspecified atom stereocenters. The largest absolute Gasteiger partial charge is 0.574 e. The molecule has 8 heteroatoms. The van der Waals surface area contributed by atoms with Crippen LogP contribution in [0.1, 0.15) is 5.56 Å². The molecule has 1 aromatic rings. The van der Waals surface area contributed by atoms with E-state index in [4.69, 9.17) is 16.3 Å². The highest BCUT2D eigenvalue weighted by Gasteiger charge is 2.32. The predicted molar refractivity (Wildman–Crippen MR) is 59.7 cm³/mol. The van der Waals surface area contributed by atoms with E-state index in [1.807, 2.05) is 0 Å². The molecule has 0 bridgehead atoms. The fraction of sp³-hybridized carbons (Fsp3) is 0.375. The number of hydrogen-bond acceptors (Lipinski definition) is 3. The lowest BCUT2D eigenvalue weighted by Crippen LogP contribution is -2.18. The quantitative estimate of drug-likeness (QED) is 0.467. The minimum Gasteiger partial charge on any atom is -0.496 e. The Morgan fingerprint density at radius 1 is 1.50 bits per heavy atom. The summed E-state index contributed by atoms with van der Waals surface area (Å²) < 4.78 is 44.8. The summed E-state index contributed by atoms with van der Waals surface area (Å²) in [5.74, 6) is -0.253. The molecule has 0 aromatic carbocycles. The van der Waals surface area contributed by atoms with E-state index < -0.39 is 12.2 Å². The van der Waals surface area contributed by atoms with Crippen LogP contribution < -0.4 is 9.47 Å². The summed E-state index contributed by atoms with van der Waals surface area (Å²) in [5.41, 5.74) is 0.527. The summed E-state index contributed by atoms with van der Waals surface area (Å²) in [6.07, 6.45) is -4.77. The van der Waals surface area contributed by atoms with Gasteiger partial charge in [0, 0.05) is 11.6 Å². The van der Waals surface area contributed by atoms with Gasteiger partial charge in [-0.3, -0.25) is 0 Å². The summed E-state index contributed by atoms with van der Waals surface area (Å²) in [6.45, 7) is 0. The number of aromatic nitrogens is 1. The van der Waals surface area contributed by atoms with E-state index in [0.29, 0.717) is 9.26 Å². The van der Waals surface area contributed by atoms with Crippen molar-refractivity contribution in [1.29, 1.82) is 0 Å². The topological polar surface area (TPSA) is 31.4 Å². The van der Waals surface area contributed by atoms with E-state index in [1.54, 1.807) is 22.6 Å². The fourth-order valence-corrected chi connectivity index (χ4v) is 2.15. The second kappa shape index (κ2) is 5.26. The van der Waals surface area contributed by atoms with Gasteiger partial charge in [0.15, 0.2) is 0 Å². The Kier molecular flexibility index (Phi) is 4.48. The zero-order valence-electron chi connectivity index (χ0n) is 7.94. The van der Waals surface area contributed by atoms with Crippen molar-refractivity contribution in [3.63, 3.8) is 0 Å². The normalized spacial score (nSPS) is 11.4. The third kappa shape index (κ3) is 3.55. The molecule has 0 amide bonds. The second-order valence-corrected chi connectivity index (χ2v) is 3.90. The zero-order chi connectivity index (χ0) is 12.3. The minimum atomic E-state index is -4.77. The SMILES string of the molecule is COc1cc(OC(F)(F)F)nc(I)c1CCl. The Balaban J connectivity index is 3.10. The number of alkyl halides is 4. The van der Waals surface area contributed by atoms with Gasteiger partial charge in [-0.25, -0.2) is 4.98 Å². The van der Waals surface area contributed by atoms with E-state index in [-0.39, 0.29) is 11.6 Å². The number of rotatable bonds is 3. The van der Waals surface area contributed by atoms with Gasteiger partial charge in [-0.15, -0.1) is 24.8 Å². The first-order valence-corrected chi connectivity index (χ1v) is 5.54. The number of methoxy groups -OCH3 is 1. The van der Waals surface area contributed by atoms with Gasteiger partial charge in [-0.2, -0.15) is 0 Å². The van der Waals surface area contributed by atoms with E-state index >= 15 is 0 Å². The van der Waals surface area contributed by atoms with Crippen LogP contribution in [0.15, 0.2) is 6.07 Å². The first-order valence-electron chi connectivity index (χ1n) is 3.92. The Labute approximate surface area is 108 Å². The molecule has 0 fully saturated rings. The van der Waals surface area contributed by atoms with E-state index in [0.717, 1.165) is 6.07 Å². The van der Waals surface area contributed by atoms with Crippen LogP contribution in [0.4, 0.5) is 13.2 Å². The number of hydrogen-bond donors (Lipinski definition) is 0. The maximum Gasteiger partial charge on any atom is 0.574 e. The van der Waals surface area contributed by atoms with E-state index in [2.05, 4.69) is 9.72 Å². The van der Waals surface area contributed by atoms with Crippen molar-refractivity contribution in [2.45, 2.75) is 12.2 Å². The zero-order valence-corrected chi connectivity index (χ0v) is 10.9. The van der Waals surface area contributed by atoms with Crippen molar-refractivity contribution in [3.05, 3.63) is 15.3 Å². The average molecular weight is 367 g/mol. The van der Waals surface area contributed by atoms with Gasteiger partial charge in [0.2, 0.25) is 5.88 Å². The van der Waals surface area contributed by atoms with Crippen LogP contribution in [-0.4, -0.2) is 18.5 Å². The van der Waals surface area contributed by atoms with Crippen molar-refractivity contribution >= 4 is 34.2 Å². The maximum atomic E-state index is 12.0. The van der Waals surface area contributed by atoms with Gasteiger partial charge in [0.05, 0.1) is 13.0 Å². The van der Waals surface area contributed by atoms with Crippen LogP contribution >= 0.6 is 34.2 Å². The minimum absolute atomic E-state index is 0.0980. The number of ether oxygens (including phenoxy) is 2. The molecule has 1 rings (SSSR count). The number of pyridine rings is 1. The van der Waals surface area contributed by atoms with E-state index in [9.17, 15) is 13.2 Å². The molecule has 90 valence electrons. The van der Waals surface area contributed by atoms with Crippen molar-refractivity contribution in [1.82, 2.24) is 4.98 Å². The third-order valence-electron chi connectivity index (χ3n) is 1.58. The third-order valence-corrected chi connectivity index (χ3v) is 2.74. The summed E-state index contributed by atoms with van der Waals surface area (Å²) in [5, 5.41) is 0. The lowest BCUT2D eigenvalue weighted by molar-refractivity contribution is -0.276. The Morgan fingerprint density at radius 3 is 2.56 bits per heavy atom. The molecular formula is C8H6ClF3INO2. The Bertz CT molecular complexity index is 386. The van der Waals surface area contributed by atoms with Gasteiger partial charge in [-0.1, -0.05) is 0 Å². The lowest BCUT2D eigenvalue weighted by Gasteiger charge is -2.12. The summed E-state index contributed by atoms with van der Waals surface area (Å²) in [7, 11) is 1.33. The van der Waals surface area contributed by atoms with Crippen LogP contribution in [0.3, 0.4) is 0 Å². The molecule has 0 saturated heterocycles. The van der Waals surface area contributed by atoms with Gasteiger partial charge < -0.3 is 9.47 Å². The van der Waals surface area contributed by atoms with Gasteiger partial charge in [-0.05, 0) is 22.6 Å². The van der Waals surface area contributed by atoms with Gasteiger partial charge >= 0.3 is 6.36 Å². The molecule has 0 saturated carbocycles. The lowest BCUT2D eigenvalue weighted by atomic mass is 10.3. The van der Waals surface area contributed by atoms with Crippen LogP contribution in [0.2, 0.25) is 0 Å². The first-order chi connectivity index (χ1) is 7.37. The van der Waals surface area contributed by atoms with Crippen molar-refractivity contribution in [2.75, 3.05) is 7.11 Å². The average Bonchev–Trinajstić information content (AvgIpc) is 2.14. The van der Waals surface area contributed by atoms with Crippen LogP contribution in [0, 0.1) is 3.70 Å². The molecule has 0 radical (unpaired) electrons. The van der Waals surface area contributed by atoms with Crippen molar-refractivity contribution in [3.8, 4) is 11.6 Å². The number of nitrogens with zero attached hydrogens (tertiary/aromatic N) is 1. The van der Waals surface area contributed by atoms with Crippen molar-refractivity contribution < 1.29 is 22.6 Å². The van der Waals surface area contributed by atoms with Gasteiger partial charge in [0.1, 0.15) is 9.45 Å². The monoisotopic (exact) mass is 367 g/mol.